The molecule has 3 unspecified atom stereocenters. The quantitative estimate of drug-likeness (QED) is 0.760. The van der Waals surface area contributed by atoms with E-state index in [0.717, 1.165) is 29.7 Å². The van der Waals surface area contributed by atoms with Crippen molar-refractivity contribution < 1.29 is 0 Å². The van der Waals surface area contributed by atoms with Gasteiger partial charge >= 0.3 is 0 Å². The Kier molecular flexibility index (Phi) is 5.30. The van der Waals surface area contributed by atoms with Gasteiger partial charge < -0.3 is 5.32 Å². The molecule has 1 heteroatoms. The number of nitrogens with one attached hydrogen (secondary N) is 1. The minimum Gasteiger partial charge on any atom is -0.312 e. The van der Waals surface area contributed by atoms with Gasteiger partial charge in [-0.1, -0.05) is 41.5 Å². The lowest BCUT2D eigenvalue weighted by Crippen LogP contribution is -2.43. The highest BCUT2D eigenvalue weighted by Crippen LogP contribution is 2.39. The van der Waals surface area contributed by atoms with Gasteiger partial charge in [-0.25, -0.2) is 0 Å². The van der Waals surface area contributed by atoms with Crippen LogP contribution in [-0.2, 0) is 0 Å². The molecular formula is C15H31N. The van der Waals surface area contributed by atoms with Crippen molar-refractivity contribution in [2.24, 2.45) is 23.7 Å². The maximum atomic E-state index is 3.73. The Hall–Kier alpha value is -0.0400. The number of hydrogen-bond acceptors (Lipinski definition) is 1. The molecule has 3 atom stereocenters. The maximum Gasteiger partial charge on any atom is 0.00723 e. The second-order valence-electron chi connectivity index (χ2n) is 6.65. The summed E-state index contributed by atoms with van der Waals surface area (Å²) >= 11 is 0. The van der Waals surface area contributed by atoms with E-state index in [1.165, 1.54) is 19.3 Å². The van der Waals surface area contributed by atoms with Gasteiger partial charge in [0.1, 0.15) is 0 Å². The number of rotatable bonds is 4. The van der Waals surface area contributed by atoms with Crippen LogP contribution in [0.2, 0.25) is 0 Å². The van der Waals surface area contributed by atoms with Crippen LogP contribution in [0.1, 0.15) is 60.8 Å². The monoisotopic (exact) mass is 225 g/mol. The van der Waals surface area contributed by atoms with Crippen molar-refractivity contribution >= 4 is 0 Å². The van der Waals surface area contributed by atoms with E-state index in [9.17, 15) is 0 Å². The first kappa shape index (κ1) is 14.0. The van der Waals surface area contributed by atoms with Crippen molar-refractivity contribution in [1.82, 2.24) is 5.32 Å². The second kappa shape index (κ2) is 6.05. The second-order valence-corrected chi connectivity index (χ2v) is 6.65. The summed E-state index contributed by atoms with van der Waals surface area (Å²) in [5, 5.41) is 3.73. The average Bonchev–Trinajstić information content (AvgIpc) is 2.16. The van der Waals surface area contributed by atoms with Crippen LogP contribution in [0, 0.1) is 23.7 Å². The molecular weight excluding hydrogens is 194 g/mol. The molecule has 1 N–H and O–H groups in total. The Morgan fingerprint density at radius 3 is 1.81 bits per heavy atom. The molecule has 0 radical (unpaired) electrons. The first-order valence-corrected chi connectivity index (χ1v) is 7.17. The van der Waals surface area contributed by atoms with Gasteiger partial charge in [0.05, 0.1) is 0 Å². The van der Waals surface area contributed by atoms with E-state index in [4.69, 9.17) is 0 Å². The molecule has 1 aliphatic carbocycles. The highest BCUT2D eigenvalue weighted by atomic mass is 14.9. The van der Waals surface area contributed by atoms with Crippen molar-refractivity contribution in [2.45, 2.75) is 72.9 Å². The average molecular weight is 225 g/mol. The first-order chi connectivity index (χ1) is 7.41. The predicted octanol–water partition coefficient (Wildman–Crippen LogP) is 4.08. The zero-order valence-electron chi connectivity index (χ0n) is 12.1. The third-order valence-corrected chi connectivity index (χ3v) is 4.24. The molecule has 0 spiro atoms. The third kappa shape index (κ3) is 3.76. The van der Waals surface area contributed by atoms with E-state index >= 15 is 0 Å². The molecule has 0 heterocycles. The van der Waals surface area contributed by atoms with Crippen LogP contribution in [-0.4, -0.2) is 12.1 Å². The SMILES string of the molecule is CC(C)NC1CCC(C(C)C)C(C(C)C)C1. The summed E-state index contributed by atoms with van der Waals surface area (Å²) in [6.45, 7) is 14.1. The topological polar surface area (TPSA) is 12.0 Å². The van der Waals surface area contributed by atoms with Crippen LogP contribution < -0.4 is 5.32 Å². The summed E-state index contributed by atoms with van der Waals surface area (Å²) < 4.78 is 0. The van der Waals surface area contributed by atoms with Gasteiger partial charge in [0.15, 0.2) is 0 Å². The van der Waals surface area contributed by atoms with Crippen molar-refractivity contribution in [2.75, 3.05) is 0 Å². The van der Waals surface area contributed by atoms with Gasteiger partial charge in [0, 0.05) is 12.1 Å². The van der Waals surface area contributed by atoms with Crippen LogP contribution in [0.25, 0.3) is 0 Å². The van der Waals surface area contributed by atoms with Gasteiger partial charge in [-0.05, 0) is 42.9 Å². The lowest BCUT2D eigenvalue weighted by atomic mass is 9.67. The minimum atomic E-state index is 0.633. The lowest BCUT2D eigenvalue weighted by molar-refractivity contribution is 0.110. The molecule has 0 aromatic carbocycles. The van der Waals surface area contributed by atoms with Crippen LogP contribution in [0.4, 0.5) is 0 Å². The van der Waals surface area contributed by atoms with Crippen molar-refractivity contribution in [3.8, 4) is 0 Å². The highest BCUT2D eigenvalue weighted by Gasteiger charge is 2.33. The number of hydrogen-bond donors (Lipinski definition) is 1. The normalized spacial score (nSPS) is 31.7. The zero-order valence-corrected chi connectivity index (χ0v) is 12.1. The molecule has 96 valence electrons. The summed E-state index contributed by atoms with van der Waals surface area (Å²) in [5.41, 5.74) is 0. The van der Waals surface area contributed by atoms with Gasteiger partial charge in [-0.3, -0.25) is 0 Å². The van der Waals surface area contributed by atoms with E-state index in [1.807, 2.05) is 0 Å². The standard InChI is InChI=1S/C15H31N/c1-10(2)14-8-7-13(16-12(5)6)9-15(14)11(3)4/h10-16H,7-9H2,1-6H3. The fraction of sp³-hybridized carbons (Fsp3) is 1.00. The van der Waals surface area contributed by atoms with Crippen LogP contribution in [0.3, 0.4) is 0 Å². The molecule has 1 fully saturated rings. The fourth-order valence-electron chi connectivity index (χ4n) is 3.45. The molecule has 16 heavy (non-hydrogen) atoms. The summed E-state index contributed by atoms with van der Waals surface area (Å²) in [5.74, 6) is 3.56. The van der Waals surface area contributed by atoms with E-state index < -0.39 is 0 Å². The smallest absolute Gasteiger partial charge is 0.00723 e. The Balaban J connectivity index is 2.58. The van der Waals surface area contributed by atoms with E-state index in [0.29, 0.717) is 6.04 Å². The molecule has 1 aliphatic rings. The lowest BCUT2D eigenvalue weighted by Gasteiger charge is -2.41. The van der Waals surface area contributed by atoms with E-state index in [2.05, 4.69) is 46.9 Å². The van der Waals surface area contributed by atoms with E-state index in [-0.39, 0.29) is 0 Å². The first-order valence-electron chi connectivity index (χ1n) is 7.17. The molecule has 0 aromatic rings. The fourth-order valence-corrected chi connectivity index (χ4v) is 3.45. The van der Waals surface area contributed by atoms with Crippen LogP contribution in [0.15, 0.2) is 0 Å². The summed E-state index contributed by atoms with van der Waals surface area (Å²) in [6.07, 6.45) is 4.19. The molecule has 1 nitrogen and oxygen atoms in total. The molecule has 0 aliphatic heterocycles. The molecule has 0 aromatic heterocycles. The van der Waals surface area contributed by atoms with Gasteiger partial charge in [-0.15, -0.1) is 0 Å². The largest absolute Gasteiger partial charge is 0.312 e. The Bertz CT molecular complexity index is 196. The summed E-state index contributed by atoms with van der Waals surface area (Å²) in [7, 11) is 0. The van der Waals surface area contributed by atoms with Crippen LogP contribution in [0.5, 0.6) is 0 Å². The van der Waals surface area contributed by atoms with Gasteiger partial charge in [0.2, 0.25) is 0 Å². The minimum absolute atomic E-state index is 0.633. The summed E-state index contributed by atoms with van der Waals surface area (Å²) in [6, 6.07) is 1.40. The summed E-state index contributed by atoms with van der Waals surface area (Å²) in [4.78, 5) is 0. The molecule has 1 saturated carbocycles. The predicted molar refractivity (Wildman–Crippen MR) is 72.6 cm³/mol. The Morgan fingerprint density at radius 1 is 0.812 bits per heavy atom. The zero-order chi connectivity index (χ0) is 12.3. The van der Waals surface area contributed by atoms with Crippen LogP contribution >= 0.6 is 0 Å². The Morgan fingerprint density at radius 2 is 1.38 bits per heavy atom. The van der Waals surface area contributed by atoms with E-state index in [1.54, 1.807) is 0 Å². The van der Waals surface area contributed by atoms with Crippen molar-refractivity contribution in [3.63, 3.8) is 0 Å². The highest BCUT2D eigenvalue weighted by molar-refractivity contribution is 4.87. The molecule has 0 bridgehead atoms. The van der Waals surface area contributed by atoms with Gasteiger partial charge in [-0.2, -0.15) is 0 Å². The van der Waals surface area contributed by atoms with Crippen molar-refractivity contribution in [1.29, 1.82) is 0 Å². The van der Waals surface area contributed by atoms with Gasteiger partial charge in [0.25, 0.3) is 0 Å². The maximum absolute atomic E-state index is 3.73. The van der Waals surface area contributed by atoms with Crippen molar-refractivity contribution in [3.05, 3.63) is 0 Å². The molecule has 0 saturated heterocycles. The third-order valence-electron chi connectivity index (χ3n) is 4.24. The molecule has 1 rings (SSSR count). The molecule has 0 amide bonds. The Labute approximate surface area is 102 Å².